The van der Waals surface area contributed by atoms with Gasteiger partial charge in [-0.3, -0.25) is 4.40 Å². The third kappa shape index (κ3) is 2.84. The molecule has 0 atom stereocenters. The van der Waals surface area contributed by atoms with Crippen LogP contribution in [-0.2, 0) is 0 Å². The van der Waals surface area contributed by atoms with E-state index in [4.69, 9.17) is 4.98 Å². The number of benzene rings is 2. The van der Waals surface area contributed by atoms with E-state index in [-0.39, 0.29) is 0 Å². The molecule has 0 unspecified atom stereocenters. The molecule has 26 heavy (non-hydrogen) atoms. The maximum atomic E-state index is 4.85. The van der Waals surface area contributed by atoms with Gasteiger partial charge in [-0.05, 0) is 45.4 Å². The van der Waals surface area contributed by atoms with Crippen LogP contribution in [0.4, 0.5) is 11.5 Å². The summed E-state index contributed by atoms with van der Waals surface area (Å²) in [6, 6.07) is 18.8. The molecular weight excluding hydrogens is 320 g/mol. The van der Waals surface area contributed by atoms with E-state index in [1.165, 1.54) is 11.1 Å². The van der Waals surface area contributed by atoms with Gasteiger partial charge in [-0.2, -0.15) is 0 Å². The van der Waals surface area contributed by atoms with Crippen LogP contribution in [-0.4, -0.2) is 14.4 Å². The van der Waals surface area contributed by atoms with E-state index >= 15 is 0 Å². The molecule has 0 bridgehead atoms. The Kier molecular flexibility index (Phi) is 3.96. The largest absolute Gasteiger partial charge is 0.339 e. The number of aryl methyl sites for hydroxylation is 4. The Morgan fingerprint density at radius 2 is 1.58 bits per heavy atom. The van der Waals surface area contributed by atoms with Gasteiger partial charge in [-0.15, -0.1) is 0 Å². The van der Waals surface area contributed by atoms with Crippen LogP contribution >= 0.6 is 0 Å². The maximum absolute atomic E-state index is 4.85. The standard InChI is InChI=1S/C22H22N4/c1-14-9-11-18(12-10-14)20-21(24-19-8-6-5-7-15(19)2)26-17(4)13-16(3)23-22(26)25-20/h5-13,24H,1-4H3. The lowest BCUT2D eigenvalue weighted by Gasteiger charge is -2.12. The highest BCUT2D eigenvalue weighted by molar-refractivity contribution is 5.80. The number of nitrogens with one attached hydrogen (secondary N) is 1. The predicted molar refractivity (Wildman–Crippen MR) is 107 cm³/mol. The zero-order chi connectivity index (χ0) is 18.3. The fourth-order valence-electron chi connectivity index (χ4n) is 3.24. The Bertz CT molecular complexity index is 1090. The van der Waals surface area contributed by atoms with Crippen molar-refractivity contribution >= 4 is 17.3 Å². The van der Waals surface area contributed by atoms with Gasteiger partial charge >= 0.3 is 0 Å². The molecule has 1 N–H and O–H groups in total. The number of fused-ring (bicyclic) bond motifs is 1. The number of nitrogens with zero attached hydrogens (tertiary/aromatic N) is 3. The summed E-state index contributed by atoms with van der Waals surface area (Å²) in [5, 5.41) is 3.60. The minimum atomic E-state index is 0.717. The normalized spacial score (nSPS) is 11.1. The van der Waals surface area contributed by atoms with Crippen molar-refractivity contribution in [3.63, 3.8) is 0 Å². The molecule has 0 saturated carbocycles. The highest BCUT2D eigenvalue weighted by Gasteiger charge is 2.17. The number of imidazole rings is 1. The first-order valence-corrected chi connectivity index (χ1v) is 8.79. The number of para-hydroxylation sites is 1. The number of hydrogen-bond donors (Lipinski definition) is 1. The molecule has 2 heterocycles. The molecular formula is C22H22N4. The summed E-state index contributed by atoms with van der Waals surface area (Å²) in [7, 11) is 0. The molecule has 0 fully saturated rings. The van der Waals surface area contributed by atoms with Crippen LogP contribution in [0.15, 0.2) is 54.6 Å². The summed E-state index contributed by atoms with van der Waals surface area (Å²) >= 11 is 0. The van der Waals surface area contributed by atoms with Gasteiger partial charge in [0.2, 0.25) is 5.78 Å². The van der Waals surface area contributed by atoms with Crippen molar-refractivity contribution in [1.29, 1.82) is 0 Å². The smallest absolute Gasteiger partial charge is 0.236 e. The van der Waals surface area contributed by atoms with Gasteiger partial charge in [-0.25, -0.2) is 9.97 Å². The Balaban J connectivity index is 1.97. The molecule has 0 radical (unpaired) electrons. The van der Waals surface area contributed by atoms with Gasteiger partial charge < -0.3 is 5.32 Å². The van der Waals surface area contributed by atoms with Gasteiger partial charge in [0.1, 0.15) is 11.5 Å². The van der Waals surface area contributed by atoms with Crippen molar-refractivity contribution in [3.05, 3.63) is 77.1 Å². The number of hydrogen-bond acceptors (Lipinski definition) is 3. The molecule has 0 aliphatic rings. The molecule has 0 aliphatic carbocycles. The molecule has 4 aromatic rings. The van der Waals surface area contributed by atoms with Crippen molar-refractivity contribution < 1.29 is 0 Å². The molecule has 0 amide bonds. The summed E-state index contributed by atoms with van der Waals surface area (Å²) in [4.78, 5) is 9.49. The first-order valence-electron chi connectivity index (χ1n) is 8.79. The van der Waals surface area contributed by atoms with E-state index in [9.17, 15) is 0 Å². The highest BCUT2D eigenvalue weighted by atomic mass is 15.2. The molecule has 2 aromatic carbocycles. The molecule has 2 aromatic heterocycles. The van der Waals surface area contributed by atoms with E-state index in [2.05, 4.69) is 77.9 Å². The predicted octanol–water partition coefficient (Wildman–Crippen LogP) is 5.37. The van der Waals surface area contributed by atoms with Crippen LogP contribution in [0.3, 0.4) is 0 Å². The minimum absolute atomic E-state index is 0.717. The molecule has 0 saturated heterocycles. The van der Waals surface area contributed by atoms with Gasteiger partial charge in [0.15, 0.2) is 0 Å². The maximum Gasteiger partial charge on any atom is 0.236 e. The van der Waals surface area contributed by atoms with Crippen LogP contribution in [0.2, 0.25) is 0 Å². The lowest BCUT2D eigenvalue weighted by Crippen LogP contribution is -2.02. The second kappa shape index (κ2) is 6.30. The zero-order valence-corrected chi connectivity index (χ0v) is 15.5. The lowest BCUT2D eigenvalue weighted by molar-refractivity contribution is 1.02. The summed E-state index contributed by atoms with van der Waals surface area (Å²) in [5.41, 5.74) is 7.56. The van der Waals surface area contributed by atoms with E-state index < -0.39 is 0 Å². The van der Waals surface area contributed by atoms with Crippen molar-refractivity contribution in [2.75, 3.05) is 5.32 Å². The number of rotatable bonds is 3. The Morgan fingerprint density at radius 1 is 0.846 bits per heavy atom. The molecule has 4 rings (SSSR count). The van der Waals surface area contributed by atoms with Crippen LogP contribution in [0.5, 0.6) is 0 Å². The summed E-state index contributed by atoms with van der Waals surface area (Å²) < 4.78 is 2.09. The average Bonchev–Trinajstić information content (AvgIpc) is 2.96. The molecule has 4 nitrogen and oxygen atoms in total. The third-order valence-electron chi connectivity index (χ3n) is 4.63. The van der Waals surface area contributed by atoms with Crippen LogP contribution in [0.25, 0.3) is 17.0 Å². The van der Waals surface area contributed by atoms with Gasteiger partial charge in [0, 0.05) is 22.6 Å². The van der Waals surface area contributed by atoms with Crippen molar-refractivity contribution in [3.8, 4) is 11.3 Å². The van der Waals surface area contributed by atoms with Crippen LogP contribution in [0.1, 0.15) is 22.5 Å². The first-order chi connectivity index (χ1) is 12.5. The van der Waals surface area contributed by atoms with Crippen LogP contribution in [0, 0.1) is 27.7 Å². The minimum Gasteiger partial charge on any atom is -0.339 e. The monoisotopic (exact) mass is 342 g/mol. The first kappa shape index (κ1) is 16.3. The topological polar surface area (TPSA) is 42.2 Å². The fraction of sp³-hybridized carbons (Fsp3) is 0.182. The quantitative estimate of drug-likeness (QED) is 0.544. The Hall–Kier alpha value is -3.14. The molecule has 0 aliphatic heterocycles. The number of anilines is 2. The summed E-state index contributed by atoms with van der Waals surface area (Å²) in [5.74, 6) is 1.66. The SMILES string of the molecule is Cc1ccc(-c2nc3nc(C)cc(C)n3c2Nc2ccccc2C)cc1. The van der Waals surface area contributed by atoms with Gasteiger partial charge in [0.05, 0.1) is 0 Å². The highest BCUT2D eigenvalue weighted by Crippen LogP contribution is 2.32. The second-order valence-corrected chi connectivity index (χ2v) is 6.79. The van der Waals surface area contributed by atoms with Gasteiger partial charge in [0.25, 0.3) is 0 Å². The zero-order valence-electron chi connectivity index (χ0n) is 15.5. The fourth-order valence-corrected chi connectivity index (χ4v) is 3.24. The average molecular weight is 342 g/mol. The second-order valence-electron chi connectivity index (χ2n) is 6.79. The van der Waals surface area contributed by atoms with Crippen LogP contribution < -0.4 is 5.32 Å². The van der Waals surface area contributed by atoms with E-state index in [1.54, 1.807) is 0 Å². The van der Waals surface area contributed by atoms with E-state index in [0.717, 1.165) is 34.2 Å². The molecule has 4 heteroatoms. The molecule has 0 spiro atoms. The Labute approximate surface area is 153 Å². The summed E-state index contributed by atoms with van der Waals surface area (Å²) in [6.45, 7) is 8.29. The third-order valence-corrected chi connectivity index (χ3v) is 4.63. The van der Waals surface area contributed by atoms with Gasteiger partial charge in [-0.1, -0.05) is 48.0 Å². The van der Waals surface area contributed by atoms with Crippen molar-refractivity contribution in [2.24, 2.45) is 0 Å². The van der Waals surface area contributed by atoms with E-state index in [0.29, 0.717) is 5.78 Å². The molecule has 130 valence electrons. The van der Waals surface area contributed by atoms with Crippen molar-refractivity contribution in [1.82, 2.24) is 14.4 Å². The summed E-state index contributed by atoms with van der Waals surface area (Å²) in [6.07, 6.45) is 0. The number of aromatic nitrogens is 3. The Morgan fingerprint density at radius 3 is 2.31 bits per heavy atom. The van der Waals surface area contributed by atoms with Crippen molar-refractivity contribution in [2.45, 2.75) is 27.7 Å². The lowest BCUT2D eigenvalue weighted by atomic mass is 10.1. The van der Waals surface area contributed by atoms with E-state index in [1.807, 2.05) is 19.1 Å².